The van der Waals surface area contributed by atoms with Gasteiger partial charge in [0.05, 0.1) is 14.6 Å². The van der Waals surface area contributed by atoms with Gasteiger partial charge in [-0.1, -0.05) is 18.2 Å². The van der Waals surface area contributed by atoms with Crippen LogP contribution in [0.5, 0.6) is 0 Å². The summed E-state index contributed by atoms with van der Waals surface area (Å²) in [6.45, 7) is 2.01. The van der Waals surface area contributed by atoms with Crippen molar-refractivity contribution < 1.29 is 13.2 Å². The molecule has 0 aliphatic heterocycles. The van der Waals surface area contributed by atoms with E-state index in [4.69, 9.17) is 0 Å². The average Bonchev–Trinajstić information content (AvgIpc) is 3.24. The molecule has 1 aromatic carbocycles. The normalized spacial score (nSPS) is 11.5. The second-order valence-corrected chi connectivity index (χ2v) is 9.10. The molecule has 0 aliphatic rings. The smallest absolute Gasteiger partial charge is 0.240 e. The largest absolute Gasteiger partial charge is 0.287 e. The summed E-state index contributed by atoms with van der Waals surface area (Å²) >= 11 is 2.71. The number of hydrogen-bond acceptors (Lipinski definition) is 5. The van der Waals surface area contributed by atoms with Gasteiger partial charge < -0.3 is 0 Å². The molecule has 3 rings (SSSR count). The Hall–Kier alpha value is -1.80. The first kappa shape index (κ1) is 17.0. The van der Waals surface area contributed by atoms with Crippen LogP contribution in [0.3, 0.4) is 0 Å². The Bertz CT molecular complexity index is 957. The van der Waals surface area contributed by atoms with Crippen LogP contribution >= 0.6 is 22.7 Å². The SMILES string of the molecule is Cc1cccc(S(=O)(=O)NCc2ccc(C(=O)c3cccs3)s2)c1. The van der Waals surface area contributed by atoms with E-state index in [2.05, 4.69) is 4.72 Å². The number of nitrogens with one attached hydrogen (secondary N) is 1. The van der Waals surface area contributed by atoms with Crippen LogP contribution in [0, 0.1) is 6.92 Å². The molecule has 4 nitrogen and oxygen atoms in total. The second-order valence-electron chi connectivity index (χ2n) is 5.21. The zero-order valence-corrected chi connectivity index (χ0v) is 15.3. The van der Waals surface area contributed by atoms with E-state index in [0.29, 0.717) is 9.75 Å². The Kier molecular flexibility index (Phi) is 4.96. The Morgan fingerprint density at radius 1 is 1.08 bits per heavy atom. The lowest BCUT2D eigenvalue weighted by molar-refractivity contribution is 0.104. The van der Waals surface area contributed by atoms with Gasteiger partial charge in [-0.2, -0.15) is 0 Å². The van der Waals surface area contributed by atoms with Crippen LogP contribution in [-0.2, 0) is 16.6 Å². The van der Waals surface area contributed by atoms with Gasteiger partial charge >= 0.3 is 0 Å². The Balaban J connectivity index is 1.70. The van der Waals surface area contributed by atoms with Crippen molar-refractivity contribution in [2.75, 3.05) is 0 Å². The molecule has 24 heavy (non-hydrogen) atoms. The van der Waals surface area contributed by atoms with E-state index in [1.807, 2.05) is 24.4 Å². The third kappa shape index (κ3) is 3.81. The number of benzene rings is 1. The van der Waals surface area contributed by atoms with Crippen molar-refractivity contribution in [3.63, 3.8) is 0 Å². The summed E-state index contributed by atoms with van der Waals surface area (Å²) < 4.78 is 27.2. The molecule has 0 spiro atoms. The van der Waals surface area contributed by atoms with Crippen LogP contribution in [-0.4, -0.2) is 14.2 Å². The monoisotopic (exact) mass is 377 g/mol. The summed E-state index contributed by atoms with van der Waals surface area (Å²) in [4.78, 5) is 14.6. The summed E-state index contributed by atoms with van der Waals surface area (Å²) in [7, 11) is -3.56. The van der Waals surface area contributed by atoms with Crippen LogP contribution in [0.2, 0.25) is 0 Å². The molecule has 0 unspecified atom stereocenters. The lowest BCUT2D eigenvalue weighted by Crippen LogP contribution is -2.22. The highest BCUT2D eigenvalue weighted by atomic mass is 32.2. The van der Waals surface area contributed by atoms with Crippen LogP contribution in [0.15, 0.2) is 58.8 Å². The zero-order chi connectivity index (χ0) is 17.2. The van der Waals surface area contributed by atoms with Crippen molar-refractivity contribution in [2.24, 2.45) is 0 Å². The highest BCUT2D eigenvalue weighted by Gasteiger charge is 2.16. The van der Waals surface area contributed by atoms with E-state index in [1.165, 1.54) is 22.7 Å². The van der Waals surface area contributed by atoms with E-state index >= 15 is 0 Å². The summed E-state index contributed by atoms with van der Waals surface area (Å²) in [5, 5.41) is 1.86. The maximum atomic E-state index is 12.3. The predicted octanol–water partition coefficient (Wildman–Crippen LogP) is 3.83. The van der Waals surface area contributed by atoms with Crippen LogP contribution in [0.4, 0.5) is 0 Å². The van der Waals surface area contributed by atoms with Crippen LogP contribution in [0.1, 0.15) is 25.0 Å². The molecule has 0 radical (unpaired) electrons. The van der Waals surface area contributed by atoms with Gasteiger partial charge in [0.1, 0.15) is 0 Å². The Labute approximate surface area is 148 Å². The summed E-state index contributed by atoms with van der Waals surface area (Å²) in [6, 6.07) is 13.9. The fraction of sp³-hybridized carbons (Fsp3) is 0.118. The van der Waals surface area contributed by atoms with Crippen molar-refractivity contribution in [3.05, 3.63) is 74.1 Å². The fourth-order valence-corrected chi connectivity index (χ4v) is 5.00. The minimum Gasteiger partial charge on any atom is -0.287 e. The van der Waals surface area contributed by atoms with Gasteiger partial charge in [0.2, 0.25) is 15.8 Å². The first-order chi connectivity index (χ1) is 11.5. The molecule has 0 atom stereocenters. The molecule has 0 amide bonds. The van der Waals surface area contributed by atoms with E-state index < -0.39 is 10.0 Å². The van der Waals surface area contributed by atoms with Gasteiger partial charge in [-0.25, -0.2) is 13.1 Å². The van der Waals surface area contributed by atoms with Gasteiger partial charge in [0.25, 0.3) is 0 Å². The number of sulfonamides is 1. The summed E-state index contributed by atoms with van der Waals surface area (Å²) in [5.41, 5.74) is 0.887. The fourth-order valence-electron chi connectivity index (χ4n) is 2.16. The topological polar surface area (TPSA) is 63.2 Å². The van der Waals surface area contributed by atoms with Crippen molar-refractivity contribution in [2.45, 2.75) is 18.4 Å². The third-order valence-corrected chi connectivity index (χ3v) is 6.72. The number of thiophene rings is 2. The molecule has 124 valence electrons. The Morgan fingerprint density at radius 3 is 2.62 bits per heavy atom. The summed E-state index contributed by atoms with van der Waals surface area (Å²) in [6.07, 6.45) is 0. The molecule has 0 fully saturated rings. The average molecular weight is 378 g/mol. The van der Waals surface area contributed by atoms with Crippen molar-refractivity contribution in [1.82, 2.24) is 4.72 Å². The summed E-state index contributed by atoms with van der Waals surface area (Å²) in [5.74, 6) is -0.0252. The number of carbonyl (C=O) groups excluding carboxylic acids is 1. The van der Waals surface area contributed by atoms with E-state index in [-0.39, 0.29) is 17.2 Å². The molecule has 3 aromatic rings. The maximum absolute atomic E-state index is 12.3. The molecule has 2 aromatic heterocycles. The van der Waals surface area contributed by atoms with Crippen LogP contribution in [0.25, 0.3) is 0 Å². The molecule has 2 heterocycles. The first-order valence-electron chi connectivity index (χ1n) is 7.19. The molecule has 0 bridgehead atoms. The third-order valence-electron chi connectivity index (χ3n) is 3.37. The highest BCUT2D eigenvalue weighted by molar-refractivity contribution is 7.89. The molecule has 0 aliphatic carbocycles. The van der Waals surface area contributed by atoms with Crippen molar-refractivity contribution in [1.29, 1.82) is 0 Å². The quantitative estimate of drug-likeness (QED) is 0.664. The van der Waals surface area contributed by atoms with Gasteiger partial charge in [0.15, 0.2) is 0 Å². The van der Waals surface area contributed by atoms with Gasteiger partial charge in [-0.05, 0) is 48.2 Å². The van der Waals surface area contributed by atoms with E-state index in [9.17, 15) is 13.2 Å². The lowest BCUT2D eigenvalue weighted by Gasteiger charge is -2.06. The van der Waals surface area contributed by atoms with Gasteiger partial charge in [-0.3, -0.25) is 4.79 Å². The number of hydrogen-bond donors (Lipinski definition) is 1. The molecule has 1 N–H and O–H groups in total. The van der Waals surface area contributed by atoms with E-state index in [1.54, 1.807) is 36.4 Å². The number of aryl methyl sites for hydroxylation is 1. The maximum Gasteiger partial charge on any atom is 0.240 e. The molecule has 0 saturated carbocycles. The Morgan fingerprint density at radius 2 is 1.92 bits per heavy atom. The first-order valence-corrected chi connectivity index (χ1v) is 10.4. The minimum absolute atomic E-state index is 0.0252. The number of ketones is 1. The van der Waals surface area contributed by atoms with Gasteiger partial charge in [0, 0.05) is 11.4 Å². The molecule has 7 heteroatoms. The highest BCUT2D eigenvalue weighted by Crippen LogP contribution is 2.22. The standard InChI is InChI=1S/C17H15NO3S3/c1-12-4-2-5-14(10-12)24(20,21)18-11-13-7-8-16(23-13)17(19)15-6-3-9-22-15/h2-10,18H,11H2,1H3. The van der Waals surface area contributed by atoms with E-state index in [0.717, 1.165) is 10.4 Å². The number of rotatable bonds is 6. The minimum atomic E-state index is -3.56. The lowest BCUT2D eigenvalue weighted by atomic mass is 10.2. The predicted molar refractivity (Wildman–Crippen MR) is 97.3 cm³/mol. The van der Waals surface area contributed by atoms with Gasteiger partial charge in [-0.15, -0.1) is 22.7 Å². The number of carbonyl (C=O) groups is 1. The molecule has 0 saturated heterocycles. The zero-order valence-electron chi connectivity index (χ0n) is 12.9. The van der Waals surface area contributed by atoms with Crippen LogP contribution < -0.4 is 4.72 Å². The molecular weight excluding hydrogens is 362 g/mol. The van der Waals surface area contributed by atoms with Crippen molar-refractivity contribution >= 4 is 38.5 Å². The second kappa shape index (κ2) is 6.98. The molecular formula is C17H15NO3S3. The van der Waals surface area contributed by atoms with Crippen molar-refractivity contribution in [3.8, 4) is 0 Å².